The second-order valence-corrected chi connectivity index (χ2v) is 14.2. The average Bonchev–Trinajstić information content (AvgIpc) is 3.79. The molecule has 4 heterocycles. The lowest BCUT2D eigenvalue weighted by atomic mass is 9.97. The SMILES string of the molecule is c1ccc(-c2cc(-c3cccc4sc5ccccc5c34)nc(-c3ccc4oc5c(ccc6c(-c7ccccc7)nc7ccccc7c65)c4c3)n2)cc1. The van der Waals surface area contributed by atoms with Crippen LogP contribution in [0.3, 0.4) is 0 Å². The van der Waals surface area contributed by atoms with Crippen LogP contribution in [0.2, 0.25) is 0 Å². The molecule has 0 atom stereocenters. The van der Waals surface area contributed by atoms with Gasteiger partial charge in [0.25, 0.3) is 0 Å². The number of benzene rings is 7. The van der Waals surface area contributed by atoms with Gasteiger partial charge in [0.1, 0.15) is 11.2 Å². The van der Waals surface area contributed by atoms with E-state index < -0.39 is 0 Å². The van der Waals surface area contributed by atoms with Gasteiger partial charge < -0.3 is 4.42 Å². The van der Waals surface area contributed by atoms with Gasteiger partial charge in [-0.3, -0.25) is 0 Å². The number of hydrogen-bond donors (Lipinski definition) is 0. The predicted molar refractivity (Wildman–Crippen MR) is 217 cm³/mol. The maximum absolute atomic E-state index is 6.75. The quantitative estimate of drug-likeness (QED) is 0.174. The van der Waals surface area contributed by atoms with Crippen molar-refractivity contribution in [1.82, 2.24) is 15.0 Å². The standard InChI is InChI=1S/C47H27N3OS/c1-3-12-28(13-4-1)38-27-39(33-18-11-21-42-43(33)34-17-8-10-20-41(34)52-42)50-47(49-38)30-22-25-40-36(26-30)31-23-24-35-44(46(31)51-40)32-16-7-9-19-37(32)48-45(35)29-14-5-2-6-15-29/h1-27H. The molecular formula is C47H27N3OS. The monoisotopic (exact) mass is 681 g/mol. The first-order valence-corrected chi connectivity index (χ1v) is 18.2. The normalized spacial score (nSPS) is 11.8. The molecule has 52 heavy (non-hydrogen) atoms. The smallest absolute Gasteiger partial charge is 0.160 e. The summed E-state index contributed by atoms with van der Waals surface area (Å²) < 4.78 is 9.27. The lowest BCUT2D eigenvalue weighted by molar-refractivity contribution is 0.673. The lowest BCUT2D eigenvalue weighted by Crippen LogP contribution is -1.96. The molecule has 0 fully saturated rings. The molecule has 11 aromatic rings. The zero-order chi connectivity index (χ0) is 34.2. The largest absolute Gasteiger partial charge is 0.455 e. The van der Waals surface area contributed by atoms with E-state index in [1.807, 2.05) is 29.5 Å². The van der Waals surface area contributed by atoms with E-state index in [0.29, 0.717) is 5.82 Å². The highest BCUT2D eigenvalue weighted by atomic mass is 32.1. The Morgan fingerprint density at radius 3 is 2.00 bits per heavy atom. The van der Waals surface area contributed by atoms with Gasteiger partial charge in [0.05, 0.1) is 22.6 Å². The third kappa shape index (κ3) is 4.50. The van der Waals surface area contributed by atoms with E-state index in [4.69, 9.17) is 19.4 Å². The fraction of sp³-hybridized carbons (Fsp3) is 0. The van der Waals surface area contributed by atoms with Crippen molar-refractivity contribution in [3.63, 3.8) is 0 Å². The van der Waals surface area contributed by atoms with Crippen LogP contribution in [0.4, 0.5) is 0 Å². The highest BCUT2D eigenvalue weighted by molar-refractivity contribution is 7.25. The van der Waals surface area contributed by atoms with Crippen LogP contribution in [-0.2, 0) is 0 Å². The van der Waals surface area contributed by atoms with Gasteiger partial charge in [-0.25, -0.2) is 15.0 Å². The van der Waals surface area contributed by atoms with Crippen molar-refractivity contribution in [1.29, 1.82) is 0 Å². The first-order valence-electron chi connectivity index (χ1n) is 17.4. The van der Waals surface area contributed by atoms with Crippen LogP contribution in [-0.4, -0.2) is 15.0 Å². The van der Waals surface area contributed by atoms with Crippen LogP contribution >= 0.6 is 11.3 Å². The second-order valence-electron chi connectivity index (χ2n) is 13.1. The summed E-state index contributed by atoms with van der Waals surface area (Å²) in [5, 5.41) is 7.76. The van der Waals surface area contributed by atoms with Crippen LogP contribution in [0.5, 0.6) is 0 Å². The average molecular weight is 682 g/mol. The molecule has 242 valence electrons. The molecule has 0 bridgehead atoms. The van der Waals surface area contributed by atoms with E-state index in [1.54, 1.807) is 0 Å². The molecule has 0 N–H and O–H groups in total. The zero-order valence-electron chi connectivity index (χ0n) is 27.7. The van der Waals surface area contributed by atoms with Gasteiger partial charge in [0, 0.05) is 69.4 Å². The van der Waals surface area contributed by atoms with Gasteiger partial charge >= 0.3 is 0 Å². The number of rotatable bonds is 4. The first kappa shape index (κ1) is 29.1. The van der Waals surface area contributed by atoms with Crippen LogP contribution in [0.1, 0.15) is 0 Å². The molecule has 4 aromatic heterocycles. The summed E-state index contributed by atoms with van der Waals surface area (Å²) in [5.74, 6) is 0.672. The fourth-order valence-electron chi connectivity index (χ4n) is 7.68. The van der Waals surface area contributed by atoms with Gasteiger partial charge in [0.15, 0.2) is 5.82 Å². The molecule has 0 radical (unpaired) electrons. The van der Waals surface area contributed by atoms with Gasteiger partial charge in [-0.1, -0.05) is 115 Å². The molecular weight excluding hydrogens is 655 g/mol. The Bertz CT molecular complexity index is 3180. The predicted octanol–water partition coefficient (Wildman–Crippen LogP) is 13.1. The number of para-hydroxylation sites is 1. The molecule has 0 aliphatic heterocycles. The second kappa shape index (κ2) is 11.4. The first-order chi connectivity index (χ1) is 25.8. The number of hydrogen-bond acceptors (Lipinski definition) is 5. The molecule has 4 nitrogen and oxygen atoms in total. The zero-order valence-corrected chi connectivity index (χ0v) is 28.6. The third-order valence-electron chi connectivity index (χ3n) is 10.1. The number of nitrogens with zero attached hydrogens (tertiary/aromatic N) is 3. The maximum atomic E-state index is 6.75. The van der Waals surface area contributed by atoms with E-state index in [-0.39, 0.29) is 0 Å². The summed E-state index contributed by atoms with van der Waals surface area (Å²) in [6.45, 7) is 0. The summed E-state index contributed by atoms with van der Waals surface area (Å²) in [6, 6.07) is 57.0. The van der Waals surface area contributed by atoms with E-state index in [0.717, 1.165) is 82.9 Å². The van der Waals surface area contributed by atoms with Crippen molar-refractivity contribution in [2.45, 2.75) is 0 Å². The third-order valence-corrected chi connectivity index (χ3v) is 11.2. The lowest BCUT2D eigenvalue weighted by Gasteiger charge is -2.11. The molecule has 0 spiro atoms. The summed E-state index contributed by atoms with van der Waals surface area (Å²) in [7, 11) is 0. The Balaban J connectivity index is 1.15. The Morgan fingerprint density at radius 2 is 1.13 bits per heavy atom. The van der Waals surface area contributed by atoms with Gasteiger partial charge in [-0.05, 0) is 48.5 Å². The number of furan rings is 1. The van der Waals surface area contributed by atoms with Crippen LogP contribution in [0.15, 0.2) is 168 Å². The minimum absolute atomic E-state index is 0.672. The topological polar surface area (TPSA) is 51.8 Å². The Hall–Kier alpha value is -6.69. The Labute approximate surface area is 302 Å². The van der Waals surface area contributed by atoms with E-state index in [1.165, 1.54) is 20.2 Å². The van der Waals surface area contributed by atoms with Crippen molar-refractivity contribution in [2.24, 2.45) is 0 Å². The fourth-order valence-corrected chi connectivity index (χ4v) is 8.81. The van der Waals surface area contributed by atoms with Crippen molar-refractivity contribution in [3.05, 3.63) is 164 Å². The Kier molecular flexibility index (Phi) is 6.39. The van der Waals surface area contributed by atoms with Crippen molar-refractivity contribution < 1.29 is 4.42 Å². The minimum atomic E-state index is 0.672. The van der Waals surface area contributed by atoms with Crippen LogP contribution in [0, 0.1) is 0 Å². The molecule has 0 saturated carbocycles. The van der Waals surface area contributed by atoms with Gasteiger partial charge in [-0.2, -0.15) is 0 Å². The minimum Gasteiger partial charge on any atom is -0.455 e. The Morgan fingerprint density at radius 1 is 0.423 bits per heavy atom. The van der Waals surface area contributed by atoms with E-state index >= 15 is 0 Å². The molecule has 0 aliphatic rings. The molecule has 0 aliphatic carbocycles. The highest BCUT2D eigenvalue weighted by Gasteiger charge is 2.19. The molecule has 0 saturated heterocycles. The highest BCUT2D eigenvalue weighted by Crippen LogP contribution is 2.43. The van der Waals surface area contributed by atoms with Gasteiger partial charge in [-0.15, -0.1) is 11.3 Å². The summed E-state index contributed by atoms with van der Waals surface area (Å²) in [4.78, 5) is 15.6. The summed E-state index contributed by atoms with van der Waals surface area (Å²) in [6.07, 6.45) is 0. The van der Waals surface area contributed by atoms with Crippen LogP contribution in [0.25, 0.3) is 109 Å². The van der Waals surface area contributed by atoms with Crippen molar-refractivity contribution >= 4 is 75.1 Å². The van der Waals surface area contributed by atoms with E-state index in [9.17, 15) is 0 Å². The maximum Gasteiger partial charge on any atom is 0.160 e. The number of pyridine rings is 1. The van der Waals surface area contributed by atoms with Crippen LogP contribution < -0.4 is 0 Å². The summed E-state index contributed by atoms with van der Waals surface area (Å²) >= 11 is 1.82. The van der Waals surface area contributed by atoms with Crippen molar-refractivity contribution in [2.75, 3.05) is 0 Å². The van der Waals surface area contributed by atoms with Crippen molar-refractivity contribution in [3.8, 4) is 45.2 Å². The number of aromatic nitrogens is 3. The molecule has 0 unspecified atom stereocenters. The number of thiophene rings is 1. The van der Waals surface area contributed by atoms with Gasteiger partial charge in [0.2, 0.25) is 0 Å². The summed E-state index contributed by atoms with van der Waals surface area (Å²) in [5.41, 5.74) is 9.51. The number of fused-ring (bicyclic) bond motifs is 10. The molecule has 11 rings (SSSR count). The molecule has 0 amide bonds. The van der Waals surface area contributed by atoms with E-state index in [2.05, 4.69) is 146 Å². The molecule has 5 heteroatoms. The molecule has 7 aromatic carbocycles.